The van der Waals surface area contributed by atoms with Crippen LogP contribution in [-0.2, 0) is 6.42 Å². The first-order valence-corrected chi connectivity index (χ1v) is 5.21. The number of rotatable bonds is 5. The Labute approximate surface area is 83.2 Å². The first kappa shape index (κ1) is 10.4. The van der Waals surface area contributed by atoms with Crippen LogP contribution in [0, 0.1) is 0 Å². The Hall–Kier alpha value is -0.680. The topological polar surface area (TPSA) is 41.1 Å². The van der Waals surface area contributed by atoms with E-state index in [1.54, 1.807) is 0 Å². The summed E-state index contributed by atoms with van der Waals surface area (Å²) in [5.41, 5.74) is 0. The van der Waals surface area contributed by atoms with Gasteiger partial charge in [-0.15, -0.1) is 0 Å². The van der Waals surface area contributed by atoms with Gasteiger partial charge in [-0.1, -0.05) is 0 Å². The number of likely N-dealkylation sites (N-methyl/N-ethyl adjacent to an activating group) is 1. The van der Waals surface area contributed by atoms with Crippen LogP contribution in [-0.4, -0.2) is 41.4 Å². The summed E-state index contributed by atoms with van der Waals surface area (Å²) >= 11 is 1.44. The molecule has 0 aliphatic heterocycles. The molecule has 0 amide bonds. The lowest BCUT2D eigenvalue weighted by molar-refractivity contribution is 0.410. The van der Waals surface area contributed by atoms with Crippen molar-refractivity contribution in [2.75, 3.05) is 32.5 Å². The fraction of sp³-hybridized carbons (Fsp3) is 0.750. The van der Waals surface area contributed by atoms with Crippen LogP contribution in [0.2, 0.25) is 0 Å². The molecule has 0 aliphatic carbocycles. The monoisotopic (exact) mass is 200 g/mol. The van der Waals surface area contributed by atoms with Gasteiger partial charge in [0.05, 0.1) is 0 Å². The Bertz CT molecular complexity index is 246. The molecule has 0 aromatic carbocycles. The fourth-order valence-electron chi connectivity index (χ4n) is 0.902. The van der Waals surface area contributed by atoms with Gasteiger partial charge in [-0.2, -0.15) is 4.37 Å². The predicted molar refractivity (Wildman–Crippen MR) is 56.3 cm³/mol. The third-order valence-corrected chi connectivity index (χ3v) is 2.29. The minimum atomic E-state index is 0.905. The second-order valence-electron chi connectivity index (χ2n) is 3.10. The van der Waals surface area contributed by atoms with Crippen molar-refractivity contribution in [1.82, 2.24) is 14.3 Å². The maximum atomic E-state index is 4.34. The SMILES string of the molecule is CCNc1nc(CCN(C)C)ns1. The van der Waals surface area contributed by atoms with Crippen LogP contribution in [0.4, 0.5) is 5.13 Å². The molecule has 0 unspecified atom stereocenters. The first-order valence-electron chi connectivity index (χ1n) is 4.43. The number of nitrogens with zero attached hydrogens (tertiary/aromatic N) is 3. The molecule has 0 atom stereocenters. The molecule has 13 heavy (non-hydrogen) atoms. The summed E-state index contributed by atoms with van der Waals surface area (Å²) in [6, 6.07) is 0. The second-order valence-corrected chi connectivity index (χ2v) is 3.85. The molecule has 0 radical (unpaired) electrons. The van der Waals surface area contributed by atoms with Gasteiger partial charge in [0, 0.05) is 31.0 Å². The Kier molecular flexibility index (Phi) is 4.11. The summed E-state index contributed by atoms with van der Waals surface area (Å²) in [4.78, 5) is 6.47. The van der Waals surface area contributed by atoms with Crippen LogP contribution >= 0.6 is 11.5 Å². The highest BCUT2D eigenvalue weighted by Gasteiger charge is 2.02. The number of anilines is 1. The van der Waals surface area contributed by atoms with E-state index in [0.717, 1.165) is 30.5 Å². The standard InChI is InChI=1S/C8H16N4S/c1-4-9-8-10-7(11-13-8)5-6-12(2)3/h4-6H2,1-3H3,(H,9,10,11). The van der Waals surface area contributed by atoms with E-state index < -0.39 is 0 Å². The molecule has 1 aromatic rings. The summed E-state index contributed by atoms with van der Waals surface area (Å²) in [5, 5.41) is 4.07. The second kappa shape index (κ2) is 5.14. The summed E-state index contributed by atoms with van der Waals surface area (Å²) in [7, 11) is 4.11. The average molecular weight is 200 g/mol. The minimum Gasteiger partial charge on any atom is -0.361 e. The summed E-state index contributed by atoms with van der Waals surface area (Å²) in [6.07, 6.45) is 0.925. The van der Waals surface area contributed by atoms with Crippen LogP contribution in [0.3, 0.4) is 0 Å². The molecule has 1 aromatic heterocycles. The zero-order valence-corrected chi connectivity index (χ0v) is 9.19. The van der Waals surface area contributed by atoms with Gasteiger partial charge >= 0.3 is 0 Å². The third kappa shape index (κ3) is 3.69. The van der Waals surface area contributed by atoms with E-state index in [0.29, 0.717) is 0 Å². The summed E-state index contributed by atoms with van der Waals surface area (Å²) in [5.74, 6) is 0.939. The van der Waals surface area contributed by atoms with Gasteiger partial charge < -0.3 is 10.2 Å². The van der Waals surface area contributed by atoms with Gasteiger partial charge in [0.2, 0.25) is 5.13 Å². The number of hydrogen-bond acceptors (Lipinski definition) is 5. The van der Waals surface area contributed by atoms with E-state index in [4.69, 9.17) is 0 Å². The lowest BCUT2D eigenvalue weighted by Gasteiger charge is -2.05. The van der Waals surface area contributed by atoms with Gasteiger partial charge in [-0.25, -0.2) is 4.98 Å². The number of nitrogens with one attached hydrogen (secondary N) is 1. The molecule has 74 valence electrons. The van der Waals surface area contributed by atoms with Crippen LogP contribution in [0.25, 0.3) is 0 Å². The Morgan fingerprint density at radius 2 is 2.23 bits per heavy atom. The fourth-order valence-corrected chi connectivity index (χ4v) is 1.58. The normalized spacial score (nSPS) is 10.8. The molecule has 1 N–H and O–H groups in total. The van der Waals surface area contributed by atoms with E-state index in [-0.39, 0.29) is 0 Å². The van der Waals surface area contributed by atoms with Crippen molar-refractivity contribution in [2.24, 2.45) is 0 Å². The molecule has 4 nitrogen and oxygen atoms in total. The van der Waals surface area contributed by atoms with Gasteiger partial charge in [0.25, 0.3) is 0 Å². The number of aromatic nitrogens is 2. The molecule has 0 saturated carbocycles. The van der Waals surface area contributed by atoms with Crippen LogP contribution in [0.15, 0.2) is 0 Å². The Morgan fingerprint density at radius 3 is 2.85 bits per heavy atom. The van der Waals surface area contributed by atoms with Crippen molar-refractivity contribution in [3.8, 4) is 0 Å². The van der Waals surface area contributed by atoms with Crippen LogP contribution < -0.4 is 5.32 Å². The highest BCUT2D eigenvalue weighted by molar-refractivity contribution is 7.09. The largest absolute Gasteiger partial charge is 0.361 e. The van der Waals surface area contributed by atoms with E-state index in [1.807, 2.05) is 0 Å². The molecule has 0 bridgehead atoms. The molecular formula is C8H16N4S. The van der Waals surface area contributed by atoms with Crippen molar-refractivity contribution in [2.45, 2.75) is 13.3 Å². The zero-order chi connectivity index (χ0) is 9.68. The summed E-state index contributed by atoms with van der Waals surface area (Å²) < 4.78 is 4.25. The van der Waals surface area contributed by atoms with Crippen LogP contribution in [0.5, 0.6) is 0 Å². The van der Waals surface area contributed by atoms with E-state index in [1.165, 1.54) is 11.5 Å². The quantitative estimate of drug-likeness (QED) is 0.772. The molecular weight excluding hydrogens is 184 g/mol. The molecule has 0 aliphatic rings. The maximum Gasteiger partial charge on any atom is 0.202 e. The average Bonchev–Trinajstić information content (AvgIpc) is 2.50. The van der Waals surface area contributed by atoms with Crippen LogP contribution in [0.1, 0.15) is 12.7 Å². The van der Waals surface area contributed by atoms with Crippen molar-refractivity contribution in [3.05, 3.63) is 5.82 Å². The van der Waals surface area contributed by atoms with Crippen molar-refractivity contribution >= 4 is 16.7 Å². The zero-order valence-electron chi connectivity index (χ0n) is 8.37. The first-order chi connectivity index (χ1) is 6.22. The molecule has 5 heteroatoms. The third-order valence-electron chi connectivity index (χ3n) is 1.58. The number of hydrogen-bond donors (Lipinski definition) is 1. The van der Waals surface area contributed by atoms with E-state index >= 15 is 0 Å². The van der Waals surface area contributed by atoms with E-state index in [9.17, 15) is 0 Å². The Morgan fingerprint density at radius 1 is 1.46 bits per heavy atom. The lowest BCUT2D eigenvalue weighted by Crippen LogP contribution is -2.15. The van der Waals surface area contributed by atoms with Gasteiger partial charge in [-0.3, -0.25) is 0 Å². The highest BCUT2D eigenvalue weighted by atomic mass is 32.1. The lowest BCUT2D eigenvalue weighted by atomic mass is 10.4. The highest BCUT2D eigenvalue weighted by Crippen LogP contribution is 2.10. The van der Waals surface area contributed by atoms with Crippen molar-refractivity contribution in [1.29, 1.82) is 0 Å². The Balaban J connectivity index is 2.39. The molecule has 1 heterocycles. The smallest absolute Gasteiger partial charge is 0.202 e. The van der Waals surface area contributed by atoms with Crippen molar-refractivity contribution < 1.29 is 0 Å². The van der Waals surface area contributed by atoms with Gasteiger partial charge in [0.15, 0.2) is 0 Å². The van der Waals surface area contributed by atoms with Gasteiger partial charge in [0.1, 0.15) is 5.82 Å². The molecule has 0 spiro atoms. The predicted octanol–water partition coefficient (Wildman–Crippen LogP) is 1.07. The van der Waals surface area contributed by atoms with Crippen molar-refractivity contribution in [3.63, 3.8) is 0 Å². The molecule has 0 fully saturated rings. The molecule has 1 rings (SSSR count). The minimum absolute atomic E-state index is 0.905. The van der Waals surface area contributed by atoms with E-state index in [2.05, 4.69) is 40.6 Å². The maximum absolute atomic E-state index is 4.34. The molecule has 0 saturated heterocycles. The summed E-state index contributed by atoms with van der Waals surface area (Å²) in [6.45, 7) is 3.96. The van der Waals surface area contributed by atoms with Gasteiger partial charge in [-0.05, 0) is 21.0 Å².